The minimum atomic E-state index is 0.715. The van der Waals surface area contributed by atoms with E-state index in [1.165, 1.54) is 0 Å². The first-order chi connectivity index (χ1) is 9.72. The smallest absolute Gasteiger partial charge is 0.185 e. The SMILES string of the molecule is Nc1ccc(CN2CCN(c3nccs3)CC2)c(Cl)c1. The van der Waals surface area contributed by atoms with E-state index < -0.39 is 0 Å². The van der Waals surface area contributed by atoms with Crippen LogP contribution in [0.15, 0.2) is 29.8 Å². The van der Waals surface area contributed by atoms with Crippen molar-refractivity contribution in [3.05, 3.63) is 40.4 Å². The Labute approximate surface area is 127 Å². The third kappa shape index (κ3) is 3.06. The molecule has 0 amide bonds. The van der Waals surface area contributed by atoms with E-state index in [1.807, 2.05) is 29.8 Å². The summed E-state index contributed by atoms with van der Waals surface area (Å²) >= 11 is 7.93. The van der Waals surface area contributed by atoms with Gasteiger partial charge in [-0.15, -0.1) is 11.3 Å². The zero-order chi connectivity index (χ0) is 13.9. The molecule has 1 aliphatic rings. The molecular weight excluding hydrogens is 292 g/mol. The van der Waals surface area contributed by atoms with E-state index in [2.05, 4.69) is 14.8 Å². The van der Waals surface area contributed by atoms with Crippen molar-refractivity contribution in [2.75, 3.05) is 36.8 Å². The van der Waals surface area contributed by atoms with Gasteiger partial charge in [-0.05, 0) is 17.7 Å². The predicted octanol–water partition coefficient (Wildman–Crippen LogP) is 2.70. The average molecular weight is 309 g/mol. The fraction of sp³-hybridized carbons (Fsp3) is 0.357. The Morgan fingerprint density at radius 2 is 2.05 bits per heavy atom. The van der Waals surface area contributed by atoms with Gasteiger partial charge < -0.3 is 10.6 Å². The molecule has 0 atom stereocenters. The monoisotopic (exact) mass is 308 g/mol. The summed E-state index contributed by atoms with van der Waals surface area (Å²) in [7, 11) is 0. The van der Waals surface area contributed by atoms with E-state index in [0.29, 0.717) is 5.69 Å². The van der Waals surface area contributed by atoms with Gasteiger partial charge in [0.05, 0.1) is 0 Å². The highest BCUT2D eigenvalue weighted by molar-refractivity contribution is 7.13. The number of hydrogen-bond acceptors (Lipinski definition) is 5. The van der Waals surface area contributed by atoms with E-state index in [9.17, 15) is 0 Å². The second kappa shape index (κ2) is 5.99. The van der Waals surface area contributed by atoms with Crippen LogP contribution >= 0.6 is 22.9 Å². The number of benzene rings is 1. The van der Waals surface area contributed by atoms with Crippen molar-refractivity contribution in [2.24, 2.45) is 0 Å². The van der Waals surface area contributed by atoms with Gasteiger partial charge in [-0.2, -0.15) is 0 Å². The topological polar surface area (TPSA) is 45.4 Å². The Bertz CT molecular complexity index is 565. The first-order valence-corrected chi connectivity index (χ1v) is 7.89. The lowest BCUT2D eigenvalue weighted by Gasteiger charge is -2.34. The lowest BCUT2D eigenvalue weighted by molar-refractivity contribution is 0.250. The quantitative estimate of drug-likeness (QED) is 0.886. The second-order valence-electron chi connectivity index (χ2n) is 4.93. The largest absolute Gasteiger partial charge is 0.399 e. The number of piperazine rings is 1. The zero-order valence-electron chi connectivity index (χ0n) is 11.1. The molecule has 1 saturated heterocycles. The molecule has 1 aromatic carbocycles. The van der Waals surface area contributed by atoms with Crippen molar-refractivity contribution in [3.63, 3.8) is 0 Å². The van der Waals surface area contributed by atoms with Gasteiger partial charge in [-0.3, -0.25) is 4.90 Å². The van der Waals surface area contributed by atoms with Crippen molar-refractivity contribution in [1.82, 2.24) is 9.88 Å². The van der Waals surface area contributed by atoms with Gasteiger partial charge in [0.2, 0.25) is 0 Å². The number of nitrogens with two attached hydrogens (primary N) is 1. The highest BCUT2D eigenvalue weighted by atomic mass is 35.5. The summed E-state index contributed by atoms with van der Waals surface area (Å²) < 4.78 is 0. The molecule has 0 spiro atoms. The molecule has 2 N–H and O–H groups in total. The summed E-state index contributed by atoms with van der Waals surface area (Å²) in [5, 5.41) is 3.90. The predicted molar refractivity (Wildman–Crippen MR) is 85.5 cm³/mol. The van der Waals surface area contributed by atoms with Gasteiger partial charge in [0.25, 0.3) is 0 Å². The molecule has 6 heteroatoms. The van der Waals surface area contributed by atoms with Crippen molar-refractivity contribution < 1.29 is 0 Å². The Morgan fingerprint density at radius 1 is 1.25 bits per heavy atom. The van der Waals surface area contributed by atoms with Crippen LogP contribution < -0.4 is 10.6 Å². The number of rotatable bonds is 3. The summed E-state index contributed by atoms with van der Waals surface area (Å²) in [4.78, 5) is 9.12. The van der Waals surface area contributed by atoms with Gasteiger partial charge >= 0.3 is 0 Å². The van der Waals surface area contributed by atoms with Gasteiger partial charge in [-0.25, -0.2) is 4.98 Å². The Kier molecular flexibility index (Phi) is 4.10. The average Bonchev–Trinajstić information content (AvgIpc) is 2.97. The van der Waals surface area contributed by atoms with Crippen LogP contribution in [0.2, 0.25) is 5.02 Å². The van der Waals surface area contributed by atoms with Crippen LogP contribution in [0.3, 0.4) is 0 Å². The molecule has 0 bridgehead atoms. The van der Waals surface area contributed by atoms with Gasteiger partial charge in [-0.1, -0.05) is 17.7 Å². The van der Waals surface area contributed by atoms with E-state index in [-0.39, 0.29) is 0 Å². The first kappa shape index (κ1) is 13.7. The fourth-order valence-corrected chi connectivity index (χ4v) is 3.35. The third-order valence-electron chi connectivity index (χ3n) is 3.53. The Balaban J connectivity index is 1.58. The van der Waals surface area contributed by atoms with E-state index in [4.69, 9.17) is 17.3 Å². The number of thiazole rings is 1. The minimum absolute atomic E-state index is 0.715. The summed E-state index contributed by atoms with van der Waals surface area (Å²) in [5.41, 5.74) is 7.58. The fourth-order valence-electron chi connectivity index (χ4n) is 2.40. The summed E-state index contributed by atoms with van der Waals surface area (Å²) in [6, 6.07) is 5.75. The first-order valence-electron chi connectivity index (χ1n) is 6.63. The van der Waals surface area contributed by atoms with Gasteiger partial charge in [0, 0.05) is 55.0 Å². The molecular formula is C14H17ClN4S. The Morgan fingerprint density at radius 3 is 2.70 bits per heavy atom. The second-order valence-corrected chi connectivity index (χ2v) is 6.21. The molecule has 3 rings (SSSR count). The van der Waals surface area contributed by atoms with E-state index in [0.717, 1.165) is 48.4 Å². The number of halogens is 1. The van der Waals surface area contributed by atoms with Gasteiger partial charge in [0.15, 0.2) is 5.13 Å². The molecule has 2 heterocycles. The molecule has 0 radical (unpaired) electrons. The molecule has 2 aromatic rings. The summed E-state index contributed by atoms with van der Waals surface area (Å²) in [6.07, 6.45) is 1.86. The minimum Gasteiger partial charge on any atom is -0.399 e. The van der Waals surface area contributed by atoms with Crippen LogP contribution in [0.4, 0.5) is 10.8 Å². The number of aromatic nitrogens is 1. The Hall–Kier alpha value is -1.30. The van der Waals surface area contributed by atoms with Crippen molar-refractivity contribution in [1.29, 1.82) is 0 Å². The number of anilines is 2. The van der Waals surface area contributed by atoms with Crippen LogP contribution in [0.1, 0.15) is 5.56 Å². The maximum absolute atomic E-state index is 6.23. The van der Waals surface area contributed by atoms with Crippen molar-refractivity contribution in [2.45, 2.75) is 6.54 Å². The number of nitrogen functional groups attached to an aromatic ring is 1. The molecule has 1 fully saturated rings. The molecule has 1 aromatic heterocycles. The standard InChI is InChI=1S/C14H17ClN4S/c15-13-9-12(16)2-1-11(13)10-18-4-6-19(7-5-18)14-17-3-8-20-14/h1-3,8-9H,4-7,10,16H2. The maximum atomic E-state index is 6.23. The molecule has 4 nitrogen and oxygen atoms in total. The van der Waals surface area contributed by atoms with Crippen LogP contribution in [0.5, 0.6) is 0 Å². The van der Waals surface area contributed by atoms with Crippen molar-refractivity contribution in [3.8, 4) is 0 Å². The highest BCUT2D eigenvalue weighted by Gasteiger charge is 2.19. The lowest BCUT2D eigenvalue weighted by atomic mass is 10.2. The zero-order valence-corrected chi connectivity index (χ0v) is 12.7. The lowest BCUT2D eigenvalue weighted by Crippen LogP contribution is -2.45. The summed E-state index contributed by atoms with van der Waals surface area (Å²) in [6.45, 7) is 4.96. The molecule has 0 unspecified atom stereocenters. The number of hydrogen-bond donors (Lipinski definition) is 1. The van der Waals surface area contributed by atoms with Crippen LogP contribution in [0, 0.1) is 0 Å². The highest BCUT2D eigenvalue weighted by Crippen LogP contribution is 2.23. The molecule has 0 aliphatic carbocycles. The van der Waals surface area contributed by atoms with Crippen LogP contribution in [-0.2, 0) is 6.54 Å². The molecule has 106 valence electrons. The number of nitrogens with zero attached hydrogens (tertiary/aromatic N) is 3. The maximum Gasteiger partial charge on any atom is 0.185 e. The molecule has 0 saturated carbocycles. The van der Waals surface area contributed by atoms with Crippen LogP contribution in [0.25, 0.3) is 0 Å². The molecule has 1 aliphatic heterocycles. The van der Waals surface area contributed by atoms with E-state index >= 15 is 0 Å². The van der Waals surface area contributed by atoms with Crippen molar-refractivity contribution >= 4 is 33.8 Å². The van der Waals surface area contributed by atoms with Gasteiger partial charge in [0.1, 0.15) is 0 Å². The summed E-state index contributed by atoms with van der Waals surface area (Å²) in [5.74, 6) is 0. The third-order valence-corrected chi connectivity index (χ3v) is 4.72. The van der Waals surface area contributed by atoms with Crippen LogP contribution in [-0.4, -0.2) is 36.1 Å². The van der Waals surface area contributed by atoms with E-state index in [1.54, 1.807) is 11.3 Å². The molecule has 20 heavy (non-hydrogen) atoms. The normalized spacial score (nSPS) is 16.6.